The second kappa shape index (κ2) is 46.6. The Morgan fingerprint density at radius 1 is 0.480 bits per heavy atom. The molecule has 7 aliphatic carbocycles. The SMILES string of the molecule is CCOC1CCCC(NC)C1.CCOC1CCCCC1NC.CNC1CCC(O)C1.CNC1CCC(OC)C1.CNC1CCCC1O.CNC1CCCC1OC.CNC1CCCC1OC(=O)CN.CNC1CCOC1. The number of methoxy groups -OCH3 is 2. The van der Waals surface area contributed by atoms with Gasteiger partial charge in [0.25, 0.3) is 0 Å². The van der Waals surface area contributed by atoms with Gasteiger partial charge in [-0.2, -0.15) is 0 Å². The first-order valence-electron chi connectivity index (χ1n) is 29.9. The lowest BCUT2D eigenvalue weighted by Crippen LogP contribution is -2.41. The Morgan fingerprint density at radius 2 is 0.973 bits per heavy atom. The van der Waals surface area contributed by atoms with Gasteiger partial charge in [-0.3, -0.25) is 4.79 Å². The first-order valence-corrected chi connectivity index (χ1v) is 29.9. The lowest BCUT2D eigenvalue weighted by Gasteiger charge is -2.30. The first kappa shape index (κ1) is 71.8. The molecular formula is C57H121N9O9. The van der Waals surface area contributed by atoms with Crippen molar-refractivity contribution in [2.75, 3.05) is 104 Å². The Kier molecular flexibility index (Phi) is 44.6. The minimum absolute atomic E-state index is 0.0209. The highest BCUT2D eigenvalue weighted by atomic mass is 16.5. The number of ether oxygens (including phenoxy) is 6. The Morgan fingerprint density at radius 3 is 1.40 bits per heavy atom. The molecule has 0 aromatic rings. The van der Waals surface area contributed by atoms with Crippen LogP contribution in [0.15, 0.2) is 0 Å². The molecule has 8 fully saturated rings. The summed E-state index contributed by atoms with van der Waals surface area (Å²) >= 11 is 0. The molecule has 1 saturated heterocycles. The number of likely N-dealkylation sites (N-methyl/N-ethyl adjacent to an activating group) is 5. The standard InChI is InChI=1S/2C9H19NO.C8H16N2O2.2C7H15NO.2C6H13NO.C5H11NO/c1-3-11-9-6-4-5-8(7-9)10-2;1-3-11-9-7-5-4-6-8(9)10-2;1-10-6-3-2-4-7(6)12-8(11)5-9;1-8-6-3-4-7(5-6)9-2;1-8-6-4-3-5-7(6)9-2;1-7-5-2-3-6(8)4-5;1-7-5-3-2-4-6(5)8;1-6-5-2-3-7-4-5/h2*8-10H,3-7H2,1-2H3;6-7,10H,2-5,9H2,1H3;2*6-8H,3-5H2,1-2H3;2*5-8H,2-4H2,1H3;5-6H,2-4H2,1H3. The topological polar surface area (TPSA) is 235 Å². The monoisotopic (exact) mass is 1080 g/mol. The molecule has 0 spiro atoms. The summed E-state index contributed by atoms with van der Waals surface area (Å²) in [5.41, 5.74) is 5.14. The maximum atomic E-state index is 10.9. The van der Waals surface area contributed by atoms with Gasteiger partial charge >= 0.3 is 5.97 Å². The fourth-order valence-electron chi connectivity index (χ4n) is 11.5. The molecule has 1 heterocycles. The maximum Gasteiger partial charge on any atom is 0.320 e. The molecule has 75 heavy (non-hydrogen) atoms. The minimum atomic E-state index is -0.304. The molecule has 8 aliphatic rings. The van der Waals surface area contributed by atoms with Crippen LogP contribution in [0.3, 0.4) is 0 Å². The maximum absolute atomic E-state index is 10.9. The lowest BCUT2D eigenvalue weighted by molar-refractivity contribution is -0.147. The van der Waals surface area contributed by atoms with Crippen molar-refractivity contribution in [2.45, 2.75) is 259 Å². The van der Waals surface area contributed by atoms with Crippen LogP contribution >= 0.6 is 0 Å². The number of aliphatic hydroxyl groups excluding tert-OH is 2. The molecule has 15 unspecified atom stereocenters. The number of carbonyl (C=O) groups excluding carboxylic acids is 1. The van der Waals surface area contributed by atoms with Crippen LogP contribution in [0.2, 0.25) is 0 Å². The number of nitrogens with one attached hydrogen (secondary N) is 8. The highest BCUT2D eigenvalue weighted by Crippen LogP contribution is 2.25. The average Bonchev–Trinajstić information content (AvgIpc) is 4.33. The van der Waals surface area contributed by atoms with Gasteiger partial charge in [-0.15, -0.1) is 0 Å². The predicted octanol–water partition coefficient (Wildman–Crippen LogP) is 4.52. The predicted molar refractivity (Wildman–Crippen MR) is 308 cm³/mol. The summed E-state index contributed by atoms with van der Waals surface area (Å²) in [4.78, 5) is 10.9. The summed E-state index contributed by atoms with van der Waals surface area (Å²) in [6, 6.07) is 4.49. The number of carbonyl (C=O) groups is 1. The third-order valence-electron chi connectivity index (χ3n) is 16.4. The van der Waals surface area contributed by atoms with Crippen LogP contribution in [0.5, 0.6) is 0 Å². The van der Waals surface area contributed by atoms with Crippen molar-refractivity contribution in [1.29, 1.82) is 0 Å². The van der Waals surface area contributed by atoms with Crippen LogP contribution < -0.4 is 48.3 Å². The van der Waals surface area contributed by atoms with Gasteiger partial charge in [-0.1, -0.05) is 12.8 Å². The van der Waals surface area contributed by atoms with Crippen LogP contribution in [0.25, 0.3) is 0 Å². The van der Waals surface area contributed by atoms with E-state index in [0.29, 0.717) is 72.8 Å². The fourth-order valence-corrected chi connectivity index (χ4v) is 11.5. The molecule has 0 radical (unpaired) electrons. The molecule has 18 nitrogen and oxygen atoms in total. The highest BCUT2D eigenvalue weighted by Gasteiger charge is 2.29. The highest BCUT2D eigenvalue weighted by molar-refractivity contribution is 5.71. The zero-order chi connectivity index (χ0) is 55.6. The van der Waals surface area contributed by atoms with Crippen LogP contribution in [-0.2, 0) is 33.2 Å². The van der Waals surface area contributed by atoms with Gasteiger partial charge in [-0.05, 0) is 211 Å². The van der Waals surface area contributed by atoms with Crippen molar-refractivity contribution in [3.05, 3.63) is 0 Å². The molecule has 15 atom stereocenters. The van der Waals surface area contributed by atoms with E-state index in [2.05, 4.69) is 56.4 Å². The van der Waals surface area contributed by atoms with Gasteiger partial charge in [0, 0.05) is 82.4 Å². The third-order valence-corrected chi connectivity index (χ3v) is 16.4. The number of rotatable bonds is 16. The Balaban J connectivity index is 0.000000431. The Bertz CT molecular complexity index is 1280. The summed E-state index contributed by atoms with van der Waals surface area (Å²) in [5.74, 6) is -0.304. The van der Waals surface area contributed by atoms with E-state index in [4.69, 9.17) is 44.4 Å². The van der Waals surface area contributed by atoms with Gasteiger partial charge in [0.05, 0.1) is 49.8 Å². The zero-order valence-corrected chi connectivity index (χ0v) is 50.0. The third kappa shape index (κ3) is 32.0. The molecule has 1 aliphatic heterocycles. The zero-order valence-electron chi connectivity index (χ0n) is 50.0. The summed E-state index contributed by atoms with van der Waals surface area (Å²) < 4.78 is 31.9. The summed E-state index contributed by atoms with van der Waals surface area (Å²) in [6.07, 6.45) is 30.4. The normalized spacial score (nSPS) is 33.6. The van der Waals surface area contributed by atoms with E-state index < -0.39 is 0 Å². The number of hydrogen-bond acceptors (Lipinski definition) is 18. The van der Waals surface area contributed by atoms with Gasteiger partial charge < -0.3 is 86.9 Å². The largest absolute Gasteiger partial charge is 0.460 e. The lowest BCUT2D eigenvalue weighted by atomic mass is 9.92. The van der Waals surface area contributed by atoms with Crippen molar-refractivity contribution in [1.82, 2.24) is 42.5 Å². The smallest absolute Gasteiger partial charge is 0.320 e. The molecule has 12 N–H and O–H groups in total. The van der Waals surface area contributed by atoms with E-state index in [-0.39, 0.29) is 30.8 Å². The van der Waals surface area contributed by atoms with Crippen molar-refractivity contribution >= 4 is 5.97 Å². The summed E-state index contributed by atoms with van der Waals surface area (Å²) in [6.45, 7) is 7.67. The second-order valence-electron chi connectivity index (χ2n) is 21.4. The summed E-state index contributed by atoms with van der Waals surface area (Å²) in [7, 11) is 19.4. The van der Waals surface area contributed by atoms with Crippen LogP contribution in [-0.4, -0.2) is 211 Å². The van der Waals surface area contributed by atoms with Crippen molar-refractivity contribution in [3.8, 4) is 0 Å². The van der Waals surface area contributed by atoms with Gasteiger partial charge in [0.1, 0.15) is 6.10 Å². The van der Waals surface area contributed by atoms with Crippen molar-refractivity contribution < 1.29 is 43.4 Å². The minimum Gasteiger partial charge on any atom is -0.460 e. The number of aliphatic hydroxyl groups is 2. The van der Waals surface area contributed by atoms with E-state index in [9.17, 15) is 4.79 Å². The number of nitrogens with two attached hydrogens (primary N) is 1. The van der Waals surface area contributed by atoms with E-state index in [1.165, 1.54) is 103 Å². The first-order chi connectivity index (χ1) is 36.4. The van der Waals surface area contributed by atoms with Crippen molar-refractivity contribution in [2.24, 2.45) is 5.73 Å². The fraction of sp³-hybridized carbons (Fsp3) is 0.982. The Hall–Kier alpha value is -1.17. The van der Waals surface area contributed by atoms with E-state index in [1.54, 1.807) is 14.2 Å². The van der Waals surface area contributed by atoms with Crippen LogP contribution in [0.4, 0.5) is 0 Å². The van der Waals surface area contributed by atoms with Gasteiger partial charge in [0.2, 0.25) is 0 Å². The molecule has 7 saturated carbocycles. The molecule has 448 valence electrons. The quantitative estimate of drug-likeness (QED) is 0.0955. The number of esters is 1. The van der Waals surface area contributed by atoms with E-state index in [1.807, 2.05) is 56.4 Å². The van der Waals surface area contributed by atoms with Crippen LogP contribution in [0, 0.1) is 0 Å². The van der Waals surface area contributed by atoms with Gasteiger partial charge in [0.15, 0.2) is 0 Å². The second-order valence-corrected chi connectivity index (χ2v) is 21.4. The molecular weight excluding hydrogens is 955 g/mol. The van der Waals surface area contributed by atoms with Gasteiger partial charge in [-0.25, -0.2) is 0 Å². The van der Waals surface area contributed by atoms with Crippen molar-refractivity contribution in [3.63, 3.8) is 0 Å². The average molecular weight is 1080 g/mol. The molecule has 18 heteroatoms. The molecule has 0 amide bonds. The molecule has 0 aromatic carbocycles. The van der Waals surface area contributed by atoms with E-state index in [0.717, 1.165) is 77.8 Å². The molecule has 0 bridgehead atoms. The molecule has 0 aromatic heterocycles. The molecule has 8 rings (SSSR count). The summed E-state index contributed by atoms with van der Waals surface area (Å²) in [5, 5.41) is 43.7. The van der Waals surface area contributed by atoms with Crippen LogP contribution in [0.1, 0.15) is 168 Å². The number of hydrogen-bond donors (Lipinski definition) is 11. The van der Waals surface area contributed by atoms with E-state index >= 15 is 0 Å². The Labute approximate surface area is 458 Å².